The van der Waals surface area contributed by atoms with Crippen LogP contribution in [0, 0.1) is 0 Å². The van der Waals surface area contributed by atoms with Gasteiger partial charge in [-0.1, -0.05) is 224 Å². The minimum atomic E-state index is -4.35. The second-order valence-corrected chi connectivity index (χ2v) is 20.0. The van der Waals surface area contributed by atoms with Gasteiger partial charge in [0.1, 0.15) is 13.2 Å². The molecule has 1 unspecified atom stereocenters. The van der Waals surface area contributed by atoms with Crippen LogP contribution in [0.5, 0.6) is 0 Å². The standard InChI is InChI=1S/C50H99N2O6P/c1-6-8-10-12-14-16-18-20-22-24-25-26-28-30-32-34-36-38-40-42-44-50(54)51-48(47-58-59(55,56)57-46-45-52(3,4)5)49(53)43-41-39-37-35-33-31-29-27-23-21-19-17-15-13-11-9-7-2/h33,35,41,43,48-49,53H,6-32,34,36-40,42,44-47H2,1-5H3,(H-,51,54,55,56)/p+1/b35-33+,43-41+/t48-,49+/m0/s1. The largest absolute Gasteiger partial charge is 0.472 e. The highest BCUT2D eigenvalue weighted by molar-refractivity contribution is 7.47. The van der Waals surface area contributed by atoms with Gasteiger partial charge in [0.15, 0.2) is 0 Å². The van der Waals surface area contributed by atoms with Gasteiger partial charge in [-0.3, -0.25) is 13.8 Å². The van der Waals surface area contributed by atoms with Gasteiger partial charge in [-0.15, -0.1) is 0 Å². The highest BCUT2D eigenvalue weighted by Crippen LogP contribution is 2.43. The van der Waals surface area contributed by atoms with Gasteiger partial charge in [-0.2, -0.15) is 0 Å². The summed E-state index contributed by atoms with van der Waals surface area (Å²) < 4.78 is 23.6. The van der Waals surface area contributed by atoms with E-state index in [9.17, 15) is 19.4 Å². The van der Waals surface area contributed by atoms with Gasteiger partial charge in [0, 0.05) is 6.42 Å². The van der Waals surface area contributed by atoms with E-state index in [1.54, 1.807) is 6.08 Å². The first-order valence-corrected chi connectivity index (χ1v) is 26.7. The lowest BCUT2D eigenvalue weighted by atomic mass is 10.0. The number of phosphoric ester groups is 1. The topological polar surface area (TPSA) is 105 Å². The van der Waals surface area contributed by atoms with Gasteiger partial charge in [-0.25, -0.2) is 4.57 Å². The molecule has 1 amide bonds. The summed E-state index contributed by atoms with van der Waals surface area (Å²) in [5.41, 5.74) is 0. The Morgan fingerprint density at radius 2 is 0.932 bits per heavy atom. The Hall–Kier alpha value is -1.02. The number of hydrogen-bond acceptors (Lipinski definition) is 5. The average molecular weight is 856 g/mol. The molecular weight excluding hydrogens is 756 g/mol. The molecule has 350 valence electrons. The monoisotopic (exact) mass is 856 g/mol. The van der Waals surface area contributed by atoms with Crippen LogP contribution < -0.4 is 5.32 Å². The Morgan fingerprint density at radius 3 is 1.36 bits per heavy atom. The fraction of sp³-hybridized carbons (Fsp3) is 0.900. The van der Waals surface area contributed by atoms with E-state index in [0.717, 1.165) is 38.5 Å². The van der Waals surface area contributed by atoms with Crippen LogP contribution in [-0.4, -0.2) is 73.4 Å². The SMILES string of the molecule is CCCCCCCCCCCCC/C=C/CC/C=C/[C@@H](O)[C@H](COP(=O)(O)OCC[N+](C)(C)C)NC(=O)CCCCCCCCCCCCCCCCCCCCCC. The molecule has 0 aliphatic rings. The summed E-state index contributed by atoms with van der Waals surface area (Å²) in [5.74, 6) is -0.183. The Labute approximate surface area is 366 Å². The summed E-state index contributed by atoms with van der Waals surface area (Å²) in [6.07, 6.45) is 51.1. The third kappa shape index (κ3) is 44.8. The molecule has 0 aromatic heterocycles. The van der Waals surface area contributed by atoms with Crippen molar-refractivity contribution in [3.8, 4) is 0 Å². The lowest BCUT2D eigenvalue weighted by molar-refractivity contribution is -0.870. The number of nitrogens with zero attached hydrogens (tertiary/aromatic N) is 1. The molecule has 0 aromatic rings. The summed E-state index contributed by atoms with van der Waals surface area (Å²) >= 11 is 0. The summed E-state index contributed by atoms with van der Waals surface area (Å²) in [4.78, 5) is 23.2. The summed E-state index contributed by atoms with van der Waals surface area (Å²) in [6.45, 7) is 4.82. The van der Waals surface area contributed by atoms with Crippen LogP contribution in [0.25, 0.3) is 0 Å². The molecule has 0 radical (unpaired) electrons. The highest BCUT2D eigenvalue weighted by atomic mass is 31.2. The molecule has 8 nitrogen and oxygen atoms in total. The third-order valence-electron chi connectivity index (χ3n) is 11.4. The quantitative estimate of drug-likeness (QED) is 0.0244. The van der Waals surface area contributed by atoms with Crippen molar-refractivity contribution >= 4 is 13.7 Å². The molecule has 0 aliphatic carbocycles. The molecule has 3 atom stereocenters. The second-order valence-electron chi connectivity index (χ2n) is 18.5. The van der Waals surface area contributed by atoms with Crippen LogP contribution in [0.2, 0.25) is 0 Å². The van der Waals surface area contributed by atoms with Crippen molar-refractivity contribution in [3.63, 3.8) is 0 Å². The van der Waals surface area contributed by atoms with Crippen LogP contribution >= 0.6 is 7.82 Å². The molecule has 9 heteroatoms. The molecule has 3 N–H and O–H groups in total. The Bertz CT molecular complexity index is 1020. The molecule has 0 fully saturated rings. The smallest absolute Gasteiger partial charge is 0.387 e. The van der Waals surface area contributed by atoms with Crippen molar-refractivity contribution in [2.24, 2.45) is 0 Å². The van der Waals surface area contributed by atoms with Crippen molar-refractivity contribution in [2.45, 2.75) is 251 Å². The van der Waals surface area contributed by atoms with E-state index in [4.69, 9.17) is 9.05 Å². The number of phosphoric acid groups is 1. The Morgan fingerprint density at radius 1 is 0.559 bits per heavy atom. The Balaban J connectivity index is 4.33. The van der Waals surface area contributed by atoms with E-state index < -0.39 is 20.0 Å². The van der Waals surface area contributed by atoms with Crippen molar-refractivity contribution in [2.75, 3.05) is 40.9 Å². The molecule has 0 heterocycles. The van der Waals surface area contributed by atoms with Gasteiger partial charge >= 0.3 is 7.82 Å². The molecule has 0 saturated carbocycles. The van der Waals surface area contributed by atoms with E-state index in [-0.39, 0.29) is 19.1 Å². The molecule has 59 heavy (non-hydrogen) atoms. The zero-order chi connectivity index (χ0) is 43.6. The van der Waals surface area contributed by atoms with Crippen molar-refractivity contribution in [1.29, 1.82) is 0 Å². The predicted molar refractivity (Wildman–Crippen MR) is 254 cm³/mol. The van der Waals surface area contributed by atoms with E-state index in [0.29, 0.717) is 17.4 Å². The van der Waals surface area contributed by atoms with Crippen LogP contribution in [0.3, 0.4) is 0 Å². The van der Waals surface area contributed by atoms with Gasteiger partial charge in [-0.05, 0) is 32.1 Å². The number of amides is 1. The highest BCUT2D eigenvalue weighted by Gasteiger charge is 2.27. The first-order chi connectivity index (χ1) is 28.5. The molecule has 0 spiro atoms. The number of hydrogen-bond donors (Lipinski definition) is 3. The lowest BCUT2D eigenvalue weighted by Gasteiger charge is -2.25. The van der Waals surface area contributed by atoms with Crippen molar-refractivity contribution < 1.29 is 32.9 Å². The number of carbonyl (C=O) groups excluding carboxylic acids is 1. The van der Waals surface area contributed by atoms with E-state index in [1.165, 1.54) is 180 Å². The maximum Gasteiger partial charge on any atom is 0.472 e. The first kappa shape index (κ1) is 58.0. The summed E-state index contributed by atoms with van der Waals surface area (Å²) in [7, 11) is 1.56. The predicted octanol–water partition coefficient (Wildman–Crippen LogP) is 14.5. The minimum absolute atomic E-state index is 0.0585. The number of unbranched alkanes of at least 4 members (excludes halogenated alkanes) is 31. The molecule has 0 bridgehead atoms. The normalized spacial score (nSPS) is 14.4. The van der Waals surface area contributed by atoms with Crippen LogP contribution in [0.1, 0.15) is 239 Å². The summed E-state index contributed by atoms with van der Waals surface area (Å²) in [6, 6.07) is -0.858. The summed E-state index contributed by atoms with van der Waals surface area (Å²) in [5, 5.41) is 13.9. The number of likely N-dealkylation sites (N-methyl/N-ethyl adjacent to an activating group) is 1. The average Bonchev–Trinajstić information content (AvgIpc) is 3.19. The van der Waals surface area contributed by atoms with E-state index in [2.05, 4.69) is 31.3 Å². The van der Waals surface area contributed by atoms with E-state index >= 15 is 0 Å². The van der Waals surface area contributed by atoms with Crippen LogP contribution in [0.15, 0.2) is 24.3 Å². The van der Waals surface area contributed by atoms with Crippen molar-refractivity contribution in [3.05, 3.63) is 24.3 Å². The number of allylic oxidation sites excluding steroid dienone is 3. The molecular formula is C50H100N2O6P+. The third-order valence-corrected chi connectivity index (χ3v) is 12.4. The number of aliphatic hydroxyl groups is 1. The minimum Gasteiger partial charge on any atom is -0.387 e. The molecule has 0 saturated heterocycles. The fourth-order valence-electron chi connectivity index (χ4n) is 7.41. The number of quaternary nitrogens is 1. The Kier molecular flexibility index (Phi) is 41.6. The number of aliphatic hydroxyl groups excluding tert-OH is 1. The molecule has 0 rings (SSSR count). The van der Waals surface area contributed by atoms with Gasteiger partial charge in [0.05, 0.1) is 39.9 Å². The van der Waals surface area contributed by atoms with E-state index in [1.807, 2.05) is 27.2 Å². The second kappa shape index (κ2) is 42.3. The maximum absolute atomic E-state index is 12.9. The van der Waals surface area contributed by atoms with Crippen LogP contribution in [0.4, 0.5) is 0 Å². The molecule has 0 aliphatic heterocycles. The van der Waals surface area contributed by atoms with Gasteiger partial charge < -0.3 is 19.8 Å². The zero-order valence-electron chi connectivity index (χ0n) is 39.8. The van der Waals surface area contributed by atoms with Gasteiger partial charge in [0.2, 0.25) is 5.91 Å². The number of carbonyl (C=O) groups is 1. The number of rotatable bonds is 46. The first-order valence-electron chi connectivity index (χ1n) is 25.2. The fourth-order valence-corrected chi connectivity index (χ4v) is 8.15. The van der Waals surface area contributed by atoms with Crippen molar-refractivity contribution in [1.82, 2.24) is 5.32 Å². The van der Waals surface area contributed by atoms with Gasteiger partial charge in [0.25, 0.3) is 0 Å². The molecule has 0 aromatic carbocycles. The number of nitrogens with one attached hydrogen (secondary N) is 1. The lowest BCUT2D eigenvalue weighted by Crippen LogP contribution is -2.45. The zero-order valence-corrected chi connectivity index (χ0v) is 40.7. The maximum atomic E-state index is 12.9. The van der Waals surface area contributed by atoms with Crippen LogP contribution in [-0.2, 0) is 18.4 Å².